The molecule has 22 heavy (non-hydrogen) atoms. The first-order valence-electron chi connectivity index (χ1n) is 6.90. The van der Waals surface area contributed by atoms with Crippen LogP contribution in [0.2, 0.25) is 0 Å². The van der Waals surface area contributed by atoms with Crippen molar-refractivity contribution in [2.24, 2.45) is 0 Å². The number of nitro benzene ring substituents is 1. The quantitative estimate of drug-likeness (QED) is 0.591. The molecule has 5 heteroatoms. The van der Waals surface area contributed by atoms with Crippen molar-refractivity contribution in [3.8, 4) is 0 Å². The molecule has 0 radical (unpaired) electrons. The van der Waals surface area contributed by atoms with Crippen molar-refractivity contribution in [1.29, 1.82) is 0 Å². The Morgan fingerprint density at radius 2 is 1.91 bits per heavy atom. The van der Waals surface area contributed by atoms with Gasteiger partial charge in [-0.05, 0) is 17.7 Å². The van der Waals surface area contributed by atoms with Crippen LogP contribution in [0.4, 0.5) is 5.69 Å². The molecule has 0 bridgehead atoms. The van der Waals surface area contributed by atoms with E-state index in [4.69, 9.17) is 0 Å². The number of rotatable bonds is 4. The minimum absolute atomic E-state index is 0.0250. The van der Waals surface area contributed by atoms with Crippen LogP contribution in [0.3, 0.4) is 0 Å². The van der Waals surface area contributed by atoms with Crippen LogP contribution in [0.1, 0.15) is 17.4 Å². The van der Waals surface area contributed by atoms with Crippen molar-refractivity contribution in [3.05, 3.63) is 82.0 Å². The van der Waals surface area contributed by atoms with Crippen molar-refractivity contribution >= 4 is 16.6 Å². The van der Waals surface area contributed by atoms with E-state index in [1.54, 1.807) is 12.1 Å². The van der Waals surface area contributed by atoms with Crippen LogP contribution >= 0.6 is 0 Å². The topological polar surface area (TPSA) is 76.3 Å². The van der Waals surface area contributed by atoms with Gasteiger partial charge in [-0.25, -0.2) is 0 Å². The minimum atomic E-state index is -0.825. The number of hydrogen-bond acceptors (Lipinski definition) is 4. The minimum Gasteiger partial charge on any atom is -0.388 e. The Bertz CT molecular complexity index is 833. The number of para-hydroxylation sites is 1. The van der Waals surface area contributed by atoms with Gasteiger partial charge in [0.1, 0.15) is 0 Å². The molecule has 1 N–H and O–H groups in total. The van der Waals surface area contributed by atoms with Gasteiger partial charge in [0.15, 0.2) is 0 Å². The summed E-state index contributed by atoms with van der Waals surface area (Å²) in [7, 11) is 0. The lowest BCUT2D eigenvalue weighted by molar-refractivity contribution is -0.385. The van der Waals surface area contributed by atoms with Gasteiger partial charge in [-0.15, -0.1) is 0 Å². The van der Waals surface area contributed by atoms with Crippen molar-refractivity contribution in [2.75, 3.05) is 0 Å². The Morgan fingerprint density at radius 1 is 1.09 bits per heavy atom. The molecule has 0 spiro atoms. The maximum atomic E-state index is 10.8. The summed E-state index contributed by atoms with van der Waals surface area (Å²) in [4.78, 5) is 14.8. The Morgan fingerprint density at radius 3 is 2.73 bits per heavy atom. The van der Waals surface area contributed by atoms with Gasteiger partial charge < -0.3 is 5.11 Å². The third-order valence-corrected chi connectivity index (χ3v) is 3.52. The normalized spacial score (nSPS) is 12.2. The third-order valence-electron chi connectivity index (χ3n) is 3.52. The van der Waals surface area contributed by atoms with Crippen molar-refractivity contribution in [3.63, 3.8) is 0 Å². The average Bonchev–Trinajstić information content (AvgIpc) is 2.55. The summed E-state index contributed by atoms with van der Waals surface area (Å²) < 4.78 is 0. The Balaban J connectivity index is 1.84. The van der Waals surface area contributed by atoms with E-state index >= 15 is 0 Å². The van der Waals surface area contributed by atoms with E-state index in [-0.39, 0.29) is 5.69 Å². The van der Waals surface area contributed by atoms with Gasteiger partial charge in [0.05, 0.1) is 16.5 Å². The van der Waals surface area contributed by atoms with Crippen molar-refractivity contribution < 1.29 is 10.0 Å². The molecule has 110 valence electrons. The molecule has 2 aromatic carbocycles. The number of pyridine rings is 1. The molecule has 0 fully saturated rings. The summed E-state index contributed by atoms with van der Waals surface area (Å²) in [5, 5.41) is 22.1. The molecule has 0 saturated heterocycles. The number of benzene rings is 2. The van der Waals surface area contributed by atoms with Crippen LogP contribution in [0, 0.1) is 10.1 Å². The van der Waals surface area contributed by atoms with Gasteiger partial charge in [-0.1, -0.05) is 36.4 Å². The highest BCUT2D eigenvalue weighted by Gasteiger charge is 2.13. The number of aliphatic hydroxyl groups is 1. The van der Waals surface area contributed by atoms with Gasteiger partial charge in [-0.3, -0.25) is 15.1 Å². The first-order chi connectivity index (χ1) is 10.6. The predicted molar refractivity (Wildman–Crippen MR) is 83.5 cm³/mol. The highest BCUT2D eigenvalue weighted by Crippen LogP contribution is 2.22. The molecule has 0 amide bonds. The third kappa shape index (κ3) is 2.94. The second-order valence-corrected chi connectivity index (χ2v) is 5.07. The molecule has 3 rings (SSSR count). The van der Waals surface area contributed by atoms with Gasteiger partial charge in [0, 0.05) is 29.6 Å². The summed E-state index contributed by atoms with van der Waals surface area (Å²) in [6.45, 7) is 0. The fourth-order valence-electron chi connectivity index (χ4n) is 2.38. The van der Waals surface area contributed by atoms with E-state index in [9.17, 15) is 15.2 Å². The molecule has 1 atom stereocenters. The monoisotopic (exact) mass is 294 g/mol. The SMILES string of the molecule is O=[N+]([O-])c1cccc([C@@H](O)Cc2ccc3ccccc3n2)c1. The highest BCUT2D eigenvalue weighted by atomic mass is 16.6. The summed E-state index contributed by atoms with van der Waals surface area (Å²) in [5.41, 5.74) is 2.11. The summed E-state index contributed by atoms with van der Waals surface area (Å²) in [5.74, 6) is 0. The first kappa shape index (κ1) is 14.2. The summed E-state index contributed by atoms with van der Waals surface area (Å²) in [6, 6.07) is 17.6. The van der Waals surface area contributed by atoms with Crippen LogP contribution in [0.5, 0.6) is 0 Å². The van der Waals surface area contributed by atoms with Crippen LogP contribution < -0.4 is 0 Å². The zero-order valence-corrected chi connectivity index (χ0v) is 11.7. The van der Waals surface area contributed by atoms with E-state index in [0.717, 1.165) is 16.6 Å². The zero-order valence-electron chi connectivity index (χ0n) is 11.7. The highest BCUT2D eigenvalue weighted by molar-refractivity contribution is 5.78. The molecule has 0 unspecified atom stereocenters. The Kier molecular flexibility index (Phi) is 3.80. The number of nitrogens with zero attached hydrogens (tertiary/aromatic N) is 2. The molecule has 0 aliphatic heterocycles. The second-order valence-electron chi connectivity index (χ2n) is 5.07. The van der Waals surface area contributed by atoms with E-state index < -0.39 is 11.0 Å². The van der Waals surface area contributed by atoms with Gasteiger partial charge in [0.25, 0.3) is 5.69 Å². The maximum Gasteiger partial charge on any atom is 0.269 e. The average molecular weight is 294 g/mol. The number of non-ortho nitro benzene ring substituents is 1. The Hall–Kier alpha value is -2.79. The number of hydrogen-bond donors (Lipinski definition) is 1. The fourth-order valence-corrected chi connectivity index (χ4v) is 2.38. The molecule has 1 heterocycles. The lowest BCUT2D eigenvalue weighted by Gasteiger charge is -2.11. The molecule has 0 saturated carbocycles. The number of aliphatic hydroxyl groups excluding tert-OH is 1. The molecule has 3 aromatic rings. The fraction of sp³-hybridized carbons (Fsp3) is 0.118. The van der Waals surface area contributed by atoms with E-state index in [1.165, 1.54) is 12.1 Å². The van der Waals surface area contributed by atoms with Crippen LogP contribution in [0.25, 0.3) is 10.9 Å². The number of fused-ring (bicyclic) bond motifs is 1. The van der Waals surface area contributed by atoms with Crippen molar-refractivity contribution in [1.82, 2.24) is 4.98 Å². The summed E-state index contributed by atoms with van der Waals surface area (Å²) in [6.07, 6.45) is -0.514. The lowest BCUT2D eigenvalue weighted by Crippen LogP contribution is -2.04. The molecule has 0 aliphatic rings. The van der Waals surface area contributed by atoms with Crippen LogP contribution in [-0.4, -0.2) is 15.0 Å². The predicted octanol–water partition coefficient (Wildman–Crippen LogP) is 3.42. The zero-order chi connectivity index (χ0) is 15.5. The Labute approximate surface area is 127 Å². The number of nitro groups is 1. The van der Waals surface area contributed by atoms with E-state index in [0.29, 0.717) is 12.0 Å². The van der Waals surface area contributed by atoms with E-state index in [1.807, 2.05) is 36.4 Å². The smallest absolute Gasteiger partial charge is 0.269 e. The maximum absolute atomic E-state index is 10.8. The van der Waals surface area contributed by atoms with Gasteiger partial charge in [0.2, 0.25) is 0 Å². The van der Waals surface area contributed by atoms with Crippen LogP contribution in [-0.2, 0) is 6.42 Å². The standard InChI is InChI=1S/C17H14N2O3/c20-17(13-5-3-6-15(10-13)19(21)22)11-14-9-8-12-4-1-2-7-16(12)18-14/h1-10,17,20H,11H2/t17-/m0/s1. The second kappa shape index (κ2) is 5.91. The van der Waals surface area contributed by atoms with Gasteiger partial charge in [-0.2, -0.15) is 0 Å². The first-order valence-corrected chi connectivity index (χ1v) is 6.90. The summed E-state index contributed by atoms with van der Waals surface area (Å²) >= 11 is 0. The molecular weight excluding hydrogens is 280 g/mol. The van der Waals surface area contributed by atoms with E-state index in [2.05, 4.69) is 4.98 Å². The van der Waals surface area contributed by atoms with Crippen LogP contribution in [0.15, 0.2) is 60.7 Å². The van der Waals surface area contributed by atoms with Gasteiger partial charge >= 0.3 is 0 Å². The largest absolute Gasteiger partial charge is 0.388 e. The number of aromatic nitrogens is 1. The lowest BCUT2D eigenvalue weighted by atomic mass is 10.0. The molecule has 5 nitrogen and oxygen atoms in total. The molecule has 1 aromatic heterocycles. The molecular formula is C17H14N2O3. The van der Waals surface area contributed by atoms with Crippen molar-refractivity contribution in [2.45, 2.75) is 12.5 Å². The molecule has 0 aliphatic carbocycles.